The number of carbonyl (C=O) groups is 1. The first-order chi connectivity index (χ1) is 10.5. The molecule has 2 rings (SSSR count). The van der Waals surface area contributed by atoms with Crippen LogP contribution < -0.4 is 0 Å². The molecule has 0 aliphatic rings. The molecular formula is C14H14N6OS. The van der Waals surface area contributed by atoms with Crippen molar-refractivity contribution in [1.82, 2.24) is 20.2 Å². The number of ketones is 1. The predicted octanol–water partition coefficient (Wildman–Crippen LogP) is 1.81. The Morgan fingerprint density at radius 1 is 1.50 bits per heavy atom. The van der Waals surface area contributed by atoms with Crippen molar-refractivity contribution < 1.29 is 4.79 Å². The second-order valence-electron chi connectivity index (χ2n) is 4.66. The molecule has 0 fully saturated rings. The third kappa shape index (κ3) is 3.38. The zero-order chi connectivity index (χ0) is 16.1. The molecule has 0 bridgehead atoms. The van der Waals surface area contributed by atoms with Gasteiger partial charge in [0.05, 0.1) is 17.5 Å². The van der Waals surface area contributed by atoms with E-state index in [0.717, 1.165) is 23.0 Å². The first kappa shape index (κ1) is 15.9. The summed E-state index contributed by atoms with van der Waals surface area (Å²) in [5.74, 6) is -1.28. The number of nitrogens with one attached hydrogen (secondary N) is 1. The fraction of sp³-hybridized carbons (Fsp3) is 0.286. The largest absolute Gasteiger partial charge is 0.308 e. The number of nitriles is 1. The summed E-state index contributed by atoms with van der Waals surface area (Å²) in [5.41, 5.74) is 1.89. The van der Waals surface area contributed by atoms with E-state index in [1.807, 2.05) is 37.3 Å². The SMILES string of the molecule is CC(=N)[C@H](C#N)C(=O)CSc1nnnn1-c1ccccc1C. The molecule has 2 aromatic rings. The molecule has 0 unspecified atom stereocenters. The fourth-order valence-corrected chi connectivity index (χ4v) is 2.64. The summed E-state index contributed by atoms with van der Waals surface area (Å²) < 4.78 is 1.56. The highest BCUT2D eigenvalue weighted by Crippen LogP contribution is 2.21. The molecule has 1 heterocycles. The van der Waals surface area contributed by atoms with E-state index in [0.29, 0.717) is 5.16 Å². The summed E-state index contributed by atoms with van der Waals surface area (Å²) in [7, 11) is 0. The van der Waals surface area contributed by atoms with Gasteiger partial charge in [0.25, 0.3) is 0 Å². The Bertz CT molecular complexity index is 748. The van der Waals surface area contributed by atoms with Crippen LogP contribution in [0.15, 0.2) is 29.4 Å². The van der Waals surface area contributed by atoms with Crippen LogP contribution in [0, 0.1) is 29.6 Å². The molecule has 8 heteroatoms. The van der Waals surface area contributed by atoms with Crippen molar-refractivity contribution >= 4 is 23.3 Å². The number of benzene rings is 1. The van der Waals surface area contributed by atoms with Gasteiger partial charge < -0.3 is 5.41 Å². The smallest absolute Gasteiger partial charge is 0.214 e. The zero-order valence-electron chi connectivity index (χ0n) is 12.1. The monoisotopic (exact) mass is 314 g/mol. The van der Waals surface area contributed by atoms with E-state index < -0.39 is 5.92 Å². The van der Waals surface area contributed by atoms with Crippen molar-refractivity contribution in [2.45, 2.75) is 19.0 Å². The number of para-hydroxylation sites is 1. The number of carbonyl (C=O) groups excluding carboxylic acids is 1. The fourth-order valence-electron chi connectivity index (χ4n) is 1.85. The van der Waals surface area contributed by atoms with E-state index in [2.05, 4.69) is 15.5 Å². The van der Waals surface area contributed by atoms with Crippen molar-refractivity contribution in [2.24, 2.45) is 5.92 Å². The first-order valence-electron chi connectivity index (χ1n) is 6.49. The van der Waals surface area contributed by atoms with Crippen LogP contribution in [-0.2, 0) is 4.79 Å². The Morgan fingerprint density at radius 3 is 2.86 bits per heavy atom. The van der Waals surface area contributed by atoms with Gasteiger partial charge in [-0.05, 0) is 35.9 Å². The lowest BCUT2D eigenvalue weighted by molar-refractivity contribution is -0.117. The number of thioether (sulfide) groups is 1. The van der Waals surface area contributed by atoms with Gasteiger partial charge >= 0.3 is 0 Å². The number of hydrogen-bond acceptors (Lipinski definition) is 7. The number of aryl methyl sites for hydroxylation is 1. The molecule has 1 atom stereocenters. The summed E-state index contributed by atoms with van der Waals surface area (Å²) >= 11 is 1.16. The molecule has 0 aliphatic heterocycles. The van der Waals surface area contributed by atoms with Gasteiger partial charge in [-0.2, -0.15) is 9.94 Å². The maximum Gasteiger partial charge on any atom is 0.214 e. The van der Waals surface area contributed by atoms with Gasteiger partial charge in [-0.15, -0.1) is 5.10 Å². The van der Waals surface area contributed by atoms with E-state index in [-0.39, 0.29) is 17.2 Å². The van der Waals surface area contributed by atoms with Gasteiger partial charge in [-0.25, -0.2) is 0 Å². The Morgan fingerprint density at radius 2 is 2.23 bits per heavy atom. The molecule has 112 valence electrons. The first-order valence-corrected chi connectivity index (χ1v) is 7.47. The predicted molar refractivity (Wildman–Crippen MR) is 82.1 cm³/mol. The Hall–Kier alpha value is -2.53. The van der Waals surface area contributed by atoms with Gasteiger partial charge in [-0.1, -0.05) is 30.0 Å². The van der Waals surface area contributed by atoms with Crippen LogP contribution in [0.2, 0.25) is 0 Å². The maximum absolute atomic E-state index is 12.0. The summed E-state index contributed by atoms with van der Waals surface area (Å²) in [6.45, 7) is 3.40. The quantitative estimate of drug-likeness (QED) is 0.643. The van der Waals surface area contributed by atoms with Gasteiger partial charge in [0.15, 0.2) is 5.78 Å². The van der Waals surface area contributed by atoms with Crippen LogP contribution in [0.5, 0.6) is 0 Å². The Balaban J connectivity index is 2.15. The van der Waals surface area contributed by atoms with Gasteiger partial charge in [-0.3, -0.25) is 4.79 Å². The minimum Gasteiger partial charge on any atom is -0.308 e. The molecule has 0 radical (unpaired) electrons. The highest BCUT2D eigenvalue weighted by molar-refractivity contribution is 7.99. The second kappa shape index (κ2) is 6.95. The van der Waals surface area contributed by atoms with Crippen molar-refractivity contribution in [1.29, 1.82) is 10.7 Å². The minimum absolute atomic E-state index is 0.0424. The number of hydrogen-bond donors (Lipinski definition) is 1. The van der Waals surface area contributed by atoms with Crippen molar-refractivity contribution in [3.8, 4) is 11.8 Å². The van der Waals surface area contributed by atoms with Crippen molar-refractivity contribution in [2.75, 3.05) is 5.75 Å². The average molecular weight is 314 g/mol. The van der Waals surface area contributed by atoms with E-state index >= 15 is 0 Å². The van der Waals surface area contributed by atoms with E-state index in [9.17, 15) is 4.79 Å². The molecule has 0 aliphatic carbocycles. The Labute approximate surface area is 131 Å². The zero-order valence-corrected chi connectivity index (χ0v) is 13.0. The summed E-state index contributed by atoms with van der Waals surface area (Å²) in [6, 6.07) is 9.48. The van der Waals surface area contributed by atoms with Crippen LogP contribution in [0.4, 0.5) is 0 Å². The Kier molecular flexibility index (Phi) is 5.01. The van der Waals surface area contributed by atoms with Crippen LogP contribution in [0.1, 0.15) is 12.5 Å². The summed E-state index contributed by atoms with van der Waals surface area (Å²) in [6.07, 6.45) is 0. The van der Waals surface area contributed by atoms with E-state index in [1.165, 1.54) is 6.92 Å². The number of aromatic nitrogens is 4. The topological polar surface area (TPSA) is 108 Å². The molecule has 1 N–H and O–H groups in total. The molecule has 7 nitrogen and oxygen atoms in total. The van der Waals surface area contributed by atoms with Gasteiger partial charge in [0.2, 0.25) is 5.16 Å². The summed E-state index contributed by atoms with van der Waals surface area (Å²) in [5, 5.41) is 28.3. The van der Waals surface area contributed by atoms with Crippen LogP contribution in [0.25, 0.3) is 5.69 Å². The third-order valence-electron chi connectivity index (χ3n) is 3.01. The third-order valence-corrected chi connectivity index (χ3v) is 3.95. The number of Topliss-reactive ketones (excluding diaryl/α,β-unsaturated/α-hetero) is 1. The lowest BCUT2D eigenvalue weighted by Gasteiger charge is -2.08. The highest BCUT2D eigenvalue weighted by atomic mass is 32.2. The van der Waals surface area contributed by atoms with E-state index in [4.69, 9.17) is 10.7 Å². The van der Waals surface area contributed by atoms with Crippen molar-refractivity contribution in [3.05, 3.63) is 29.8 Å². The molecule has 0 saturated carbocycles. The summed E-state index contributed by atoms with van der Waals surface area (Å²) in [4.78, 5) is 12.0. The van der Waals surface area contributed by atoms with Gasteiger partial charge in [0.1, 0.15) is 5.92 Å². The molecule has 22 heavy (non-hydrogen) atoms. The molecule has 0 spiro atoms. The molecular weight excluding hydrogens is 300 g/mol. The second-order valence-corrected chi connectivity index (χ2v) is 5.60. The number of rotatable bonds is 6. The minimum atomic E-state index is -1.00. The number of tetrazole rings is 1. The maximum atomic E-state index is 12.0. The van der Waals surface area contributed by atoms with Crippen LogP contribution >= 0.6 is 11.8 Å². The normalized spacial score (nSPS) is 11.7. The molecule has 1 aromatic heterocycles. The van der Waals surface area contributed by atoms with E-state index in [1.54, 1.807) is 4.68 Å². The molecule has 1 aromatic carbocycles. The van der Waals surface area contributed by atoms with Crippen LogP contribution in [-0.4, -0.2) is 37.5 Å². The lowest BCUT2D eigenvalue weighted by atomic mass is 10.0. The number of nitrogens with zero attached hydrogens (tertiary/aromatic N) is 5. The van der Waals surface area contributed by atoms with Gasteiger partial charge in [0, 0.05) is 5.71 Å². The molecule has 0 amide bonds. The standard InChI is InChI=1S/C14H14N6OS/c1-9-5-3-4-6-12(9)20-14(17-18-19-20)22-8-13(21)11(7-15)10(2)16/h3-6,11,16H,8H2,1-2H3/t11-/m0/s1. The average Bonchev–Trinajstić information content (AvgIpc) is 2.94. The van der Waals surface area contributed by atoms with Crippen molar-refractivity contribution in [3.63, 3.8) is 0 Å². The lowest BCUT2D eigenvalue weighted by Crippen LogP contribution is -2.21. The van der Waals surface area contributed by atoms with Crippen LogP contribution in [0.3, 0.4) is 0 Å². The highest BCUT2D eigenvalue weighted by Gasteiger charge is 2.21. The molecule has 0 saturated heterocycles.